The number of halogens is 3. The first-order chi connectivity index (χ1) is 16.3. The van der Waals surface area contributed by atoms with Crippen LogP contribution in [0, 0.1) is 0 Å². The van der Waals surface area contributed by atoms with E-state index in [2.05, 4.69) is 41.4 Å². The van der Waals surface area contributed by atoms with E-state index < -0.39 is 11.7 Å². The summed E-state index contributed by atoms with van der Waals surface area (Å²) in [4.78, 5) is 7.99. The fourth-order valence-electron chi connectivity index (χ4n) is 3.32. The second-order valence-electron chi connectivity index (χ2n) is 8.21. The highest BCUT2D eigenvalue weighted by atomic mass is 19.4. The van der Waals surface area contributed by atoms with Crippen molar-refractivity contribution in [3.05, 3.63) is 65.9 Å². The quantitative estimate of drug-likeness (QED) is 0.276. The van der Waals surface area contributed by atoms with Gasteiger partial charge in [0.25, 0.3) is 0 Å². The van der Waals surface area contributed by atoms with Gasteiger partial charge in [-0.1, -0.05) is 45.7 Å². The molecular formula is C26H31F3N4O. The van der Waals surface area contributed by atoms with E-state index in [0.717, 1.165) is 31.9 Å². The molecule has 0 amide bonds. The molecule has 2 aromatic carbocycles. The van der Waals surface area contributed by atoms with Crippen molar-refractivity contribution in [2.24, 2.45) is 0 Å². The lowest BCUT2D eigenvalue weighted by Gasteiger charge is -2.15. The Morgan fingerprint density at radius 2 is 1.56 bits per heavy atom. The van der Waals surface area contributed by atoms with E-state index in [1.54, 1.807) is 24.3 Å². The van der Waals surface area contributed by atoms with Crippen molar-refractivity contribution < 1.29 is 17.9 Å². The summed E-state index contributed by atoms with van der Waals surface area (Å²) >= 11 is 0. The van der Waals surface area contributed by atoms with Gasteiger partial charge in [-0.15, -0.1) is 0 Å². The molecule has 0 aliphatic rings. The molecule has 0 saturated heterocycles. The predicted octanol–water partition coefficient (Wildman–Crippen LogP) is 8.07. The molecule has 5 nitrogen and oxygen atoms in total. The molecule has 1 unspecified atom stereocenters. The zero-order chi connectivity index (χ0) is 24.6. The number of aromatic nitrogens is 2. The lowest BCUT2D eigenvalue weighted by atomic mass is 9.99. The maximum absolute atomic E-state index is 13.6. The molecule has 8 heteroatoms. The van der Waals surface area contributed by atoms with Gasteiger partial charge in [0.1, 0.15) is 17.1 Å². The average molecular weight is 473 g/mol. The molecule has 1 atom stereocenters. The molecule has 0 spiro atoms. The summed E-state index contributed by atoms with van der Waals surface area (Å²) in [6.45, 7) is 6.99. The van der Waals surface area contributed by atoms with Crippen LogP contribution in [-0.2, 0) is 6.18 Å². The Hall–Kier alpha value is -3.29. The van der Waals surface area contributed by atoms with Gasteiger partial charge in [-0.25, -0.2) is 4.98 Å². The number of hydrogen-bond donors (Lipinski definition) is 2. The SMILES string of the molecule is CCCCCOc1ccc(Nc2nc(Nc3ccc(C(C)CC)cc3)ncc2C(F)(F)F)cc1. The van der Waals surface area contributed by atoms with E-state index >= 15 is 0 Å². The largest absolute Gasteiger partial charge is 0.494 e. The van der Waals surface area contributed by atoms with Crippen molar-refractivity contribution in [3.63, 3.8) is 0 Å². The number of nitrogens with one attached hydrogen (secondary N) is 2. The summed E-state index contributed by atoms with van der Waals surface area (Å²) in [6, 6.07) is 14.5. The standard InChI is InChI=1S/C26H31F3N4O/c1-4-6-7-16-34-22-14-12-20(13-15-22)31-24-23(26(27,28)29)17-30-25(33-24)32-21-10-8-19(9-11-21)18(3)5-2/h8-15,17-18H,4-7,16H2,1-3H3,(H2,30,31,32,33). The Kier molecular flexibility index (Phi) is 8.73. The molecule has 0 aliphatic carbocycles. The molecule has 2 N–H and O–H groups in total. The second-order valence-corrected chi connectivity index (χ2v) is 8.21. The fraction of sp³-hybridized carbons (Fsp3) is 0.385. The maximum atomic E-state index is 13.6. The number of anilines is 4. The molecule has 0 saturated carbocycles. The lowest BCUT2D eigenvalue weighted by molar-refractivity contribution is -0.137. The highest BCUT2D eigenvalue weighted by Gasteiger charge is 2.35. The third kappa shape index (κ3) is 7.10. The Morgan fingerprint density at radius 1 is 0.912 bits per heavy atom. The Bertz CT molecular complexity index is 1040. The van der Waals surface area contributed by atoms with Gasteiger partial charge in [0.15, 0.2) is 0 Å². The molecule has 182 valence electrons. The van der Waals surface area contributed by atoms with Gasteiger partial charge in [-0.2, -0.15) is 18.2 Å². The van der Waals surface area contributed by atoms with E-state index in [4.69, 9.17) is 4.74 Å². The molecule has 0 bridgehead atoms. The van der Waals surface area contributed by atoms with Crippen molar-refractivity contribution in [1.82, 2.24) is 9.97 Å². The van der Waals surface area contributed by atoms with Crippen LogP contribution in [0.5, 0.6) is 5.75 Å². The summed E-state index contributed by atoms with van der Waals surface area (Å²) < 4.78 is 46.4. The zero-order valence-electron chi connectivity index (χ0n) is 19.7. The van der Waals surface area contributed by atoms with Crippen LogP contribution >= 0.6 is 0 Å². The van der Waals surface area contributed by atoms with E-state index in [1.165, 1.54) is 5.56 Å². The van der Waals surface area contributed by atoms with Crippen molar-refractivity contribution >= 4 is 23.1 Å². The van der Waals surface area contributed by atoms with Gasteiger partial charge < -0.3 is 15.4 Å². The fourth-order valence-corrected chi connectivity index (χ4v) is 3.32. The minimum absolute atomic E-state index is 0.0719. The molecule has 0 aliphatic heterocycles. The normalized spacial score (nSPS) is 12.3. The van der Waals surface area contributed by atoms with Gasteiger partial charge in [0, 0.05) is 17.6 Å². The zero-order valence-corrected chi connectivity index (χ0v) is 19.7. The van der Waals surface area contributed by atoms with E-state index in [9.17, 15) is 13.2 Å². The number of nitrogens with zero attached hydrogens (tertiary/aromatic N) is 2. The molecule has 1 heterocycles. The first kappa shape index (κ1) is 25.3. The summed E-state index contributed by atoms with van der Waals surface area (Å²) in [5.41, 5.74) is 1.42. The topological polar surface area (TPSA) is 59.1 Å². The van der Waals surface area contributed by atoms with Crippen LogP contribution in [0.15, 0.2) is 54.7 Å². The summed E-state index contributed by atoms with van der Waals surface area (Å²) in [5.74, 6) is 0.851. The molecule has 1 aromatic heterocycles. The minimum Gasteiger partial charge on any atom is -0.494 e. The molecule has 0 radical (unpaired) electrons. The van der Waals surface area contributed by atoms with Crippen LogP contribution in [0.3, 0.4) is 0 Å². The predicted molar refractivity (Wildman–Crippen MR) is 130 cm³/mol. The van der Waals surface area contributed by atoms with Crippen LogP contribution in [-0.4, -0.2) is 16.6 Å². The van der Waals surface area contributed by atoms with Gasteiger partial charge in [0.2, 0.25) is 5.95 Å². The maximum Gasteiger partial charge on any atom is 0.421 e. The monoisotopic (exact) mass is 472 g/mol. The number of ether oxygens (including phenoxy) is 1. The first-order valence-electron chi connectivity index (χ1n) is 11.6. The van der Waals surface area contributed by atoms with Crippen LogP contribution in [0.2, 0.25) is 0 Å². The minimum atomic E-state index is -4.60. The van der Waals surface area contributed by atoms with Crippen LogP contribution < -0.4 is 15.4 Å². The van der Waals surface area contributed by atoms with Crippen molar-refractivity contribution in [2.75, 3.05) is 17.2 Å². The first-order valence-corrected chi connectivity index (χ1v) is 11.6. The highest BCUT2D eigenvalue weighted by molar-refractivity contribution is 5.63. The summed E-state index contributed by atoms with van der Waals surface area (Å²) in [5, 5.41) is 5.76. The van der Waals surface area contributed by atoms with E-state index in [0.29, 0.717) is 29.6 Å². The Labute approximate surface area is 198 Å². The lowest BCUT2D eigenvalue weighted by Crippen LogP contribution is -2.12. The van der Waals surface area contributed by atoms with Crippen molar-refractivity contribution in [3.8, 4) is 5.75 Å². The number of hydrogen-bond acceptors (Lipinski definition) is 5. The van der Waals surface area contributed by atoms with E-state index in [-0.39, 0.29) is 11.8 Å². The highest BCUT2D eigenvalue weighted by Crippen LogP contribution is 2.35. The van der Waals surface area contributed by atoms with Gasteiger partial charge >= 0.3 is 6.18 Å². The Balaban J connectivity index is 1.75. The smallest absolute Gasteiger partial charge is 0.421 e. The summed E-state index contributed by atoms with van der Waals surface area (Å²) in [6.07, 6.45) is 0.370. The van der Waals surface area contributed by atoms with Crippen molar-refractivity contribution in [2.45, 2.75) is 58.5 Å². The van der Waals surface area contributed by atoms with E-state index in [1.807, 2.05) is 24.3 Å². The third-order valence-electron chi connectivity index (χ3n) is 5.58. The van der Waals surface area contributed by atoms with Crippen LogP contribution in [0.1, 0.15) is 63.5 Å². The number of alkyl halides is 3. The second kappa shape index (κ2) is 11.7. The Morgan fingerprint density at radius 3 is 2.18 bits per heavy atom. The number of unbranched alkanes of at least 4 members (excludes halogenated alkanes) is 2. The number of benzene rings is 2. The molecule has 3 rings (SSSR count). The van der Waals surface area contributed by atoms with Crippen LogP contribution in [0.25, 0.3) is 0 Å². The molecular weight excluding hydrogens is 441 g/mol. The van der Waals surface area contributed by atoms with Gasteiger partial charge in [-0.05, 0) is 60.7 Å². The third-order valence-corrected chi connectivity index (χ3v) is 5.58. The number of rotatable bonds is 11. The average Bonchev–Trinajstić information content (AvgIpc) is 2.82. The molecule has 3 aromatic rings. The van der Waals surface area contributed by atoms with Crippen molar-refractivity contribution in [1.29, 1.82) is 0 Å². The van der Waals surface area contributed by atoms with Gasteiger partial charge in [-0.3, -0.25) is 0 Å². The van der Waals surface area contributed by atoms with Gasteiger partial charge in [0.05, 0.1) is 6.61 Å². The molecule has 34 heavy (non-hydrogen) atoms. The van der Waals surface area contributed by atoms with Crippen LogP contribution in [0.4, 0.5) is 36.3 Å². The molecule has 0 fully saturated rings. The summed E-state index contributed by atoms with van der Waals surface area (Å²) in [7, 11) is 0.